The van der Waals surface area contributed by atoms with Crippen LogP contribution in [0.15, 0.2) is 42.5 Å². The Kier molecular flexibility index (Phi) is 5.54. The first kappa shape index (κ1) is 23.5. The van der Waals surface area contributed by atoms with Gasteiger partial charge in [0, 0.05) is 50.6 Å². The highest BCUT2D eigenvalue weighted by Crippen LogP contribution is 2.66. The molecule has 2 saturated carbocycles. The summed E-state index contributed by atoms with van der Waals surface area (Å²) < 4.78 is 5.52. The zero-order chi connectivity index (χ0) is 25.3. The number of hydrogen-bond acceptors (Lipinski definition) is 6. The van der Waals surface area contributed by atoms with Gasteiger partial charge in [0.25, 0.3) is 0 Å². The minimum Gasteiger partial charge on any atom is -0.497 e. The molecule has 7 nitrogen and oxygen atoms in total. The van der Waals surface area contributed by atoms with Crippen LogP contribution in [-0.4, -0.2) is 64.2 Å². The van der Waals surface area contributed by atoms with Crippen LogP contribution in [0.4, 0.5) is 11.4 Å². The predicted octanol–water partition coefficient (Wildman–Crippen LogP) is 3.32. The van der Waals surface area contributed by atoms with Gasteiger partial charge < -0.3 is 19.4 Å². The number of fused-ring (bicyclic) bond motifs is 3. The summed E-state index contributed by atoms with van der Waals surface area (Å²) in [6, 6.07) is 16.2. The van der Waals surface area contributed by atoms with Crippen molar-refractivity contribution >= 4 is 17.3 Å². The fraction of sp³-hybridized carbons (Fsp3) is 0.567. The summed E-state index contributed by atoms with van der Waals surface area (Å²) in [6.07, 6.45) is 4.50. The molecule has 0 radical (unpaired) electrons. The summed E-state index contributed by atoms with van der Waals surface area (Å²) >= 11 is 0. The molecule has 2 saturated heterocycles. The quantitative estimate of drug-likeness (QED) is 0.671. The highest BCUT2D eigenvalue weighted by Gasteiger charge is 2.68. The molecule has 4 unspecified atom stereocenters. The largest absolute Gasteiger partial charge is 0.497 e. The Hall–Kier alpha value is -2.61. The average Bonchev–Trinajstić information content (AvgIpc) is 3.50. The molecule has 2 N–H and O–H groups in total. The van der Waals surface area contributed by atoms with Crippen molar-refractivity contribution < 1.29 is 9.53 Å². The Morgan fingerprint density at radius 3 is 2.51 bits per heavy atom. The zero-order valence-corrected chi connectivity index (χ0v) is 22.2. The number of hydrogen-bond donors (Lipinski definition) is 2. The van der Waals surface area contributed by atoms with Crippen LogP contribution in [0.1, 0.15) is 42.9 Å². The summed E-state index contributed by atoms with van der Waals surface area (Å²) in [6.45, 7) is 4.46. The topological polar surface area (TPSA) is 60.1 Å². The van der Waals surface area contributed by atoms with Gasteiger partial charge in [0.2, 0.25) is 5.91 Å². The third kappa shape index (κ3) is 3.62. The molecule has 7 heteroatoms. The third-order valence-corrected chi connectivity index (χ3v) is 10.2. The maximum atomic E-state index is 13.5. The third-order valence-electron chi connectivity index (χ3n) is 10.2. The molecule has 6 atom stereocenters. The zero-order valence-electron chi connectivity index (χ0n) is 22.2. The molecule has 4 fully saturated rings. The van der Waals surface area contributed by atoms with Crippen LogP contribution >= 0.6 is 0 Å². The van der Waals surface area contributed by atoms with Crippen LogP contribution in [0.5, 0.6) is 5.75 Å². The molecule has 0 bridgehead atoms. The molecule has 7 rings (SSSR count). The number of methoxy groups -OCH3 is 1. The van der Waals surface area contributed by atoms with Gasteiger partial charge in [-0.3, -0.25) is 10.2 Å². The molecule has 2 aromatic carbocycles. The second-order valence-corrected chi connectivity index (χ2v) is 12.0. The maximum Gasteiger partial charge on any atom is 0.237 e. The Bertz CT molecular complexity index is 1190. The number of anilines is 2. The van der Waals surface area contributed by atoms with Gasteiger partial charge in [0.05, 0.1) is 18.6 Å². The number of rotatable bonds is 4. The van der Waals surface area contributed by atoms with Gasteiger partial charge in [0.1, 0.15) is 5.75 Å². The van der Waals surface area contributed by atoms with Crippen molar-refractivity contribution in [2.75, 3.05) is 57.2 Å². The molecule has 196 valence electrons. The number of carbonyl (C=O) groups excluding carboxylic acids is 1. The summed E-state index contributed by atoms with van der Waals surface area (Å²) in [5.74, 6) is 2.72. The lowest BCUT2D eigenvalue weighted by molar-refractivity contribution is -0.120. The van der Waals surface area contributed by atoms with Crippen molar-refractivity contribution in [1.29, 1.82) is 0 Å². The SMILES string of the molecule is COc1ccc2c(c1)[C@]1(C[C@H]1C1CCC3C(C1)NNC3c1ccc(N3CCN(C)CC3)cc1)C(=O)N2C. The number of benzene rings is 2. The number of amides is 1. The first-order valence-electron chi connectivity index (χ1n) is 14.0. The molecule has 3 aliphatic heterocycles. The molecule has 3 heterocycles. The number of hydrazine groups is 1. The molecule has 0 aromatic heterocycles. The highest BCUT2D eigenvalue weighted by atomic mass is 16.5. The lowest BCUT2D eigenvalue weighted by Gasteiger charge is -2.35. The first-order valence-corrected chi connectivity index (χ1v) is 14.0. The van der Waals surface area contributed by atoms with E-state index in [2.05, 4.69) is 64.1 Å². The minimum atomic E-state index is -0.333. The van der Waals surface area contributed by atoms with E-state index in [4.69, 9.17) is 4.74 Å². The van der Waals surface area contributed by atoms with E-state index in [0.717, 1.165) is 50.5 Å². The van der Waals surface area contributed by atoms with Gasteiger partial charge in [-0.05, 0) is 91.9 Å². The summed E-state index contributed by atoms with van der Waals surface area (Å²) in [7, 11) is 5.83. The number of nitrogens with zero attached hydrogens (tertiary/aromatic N) is 3. The Morgan fingerprint density at radius 1 is 0.973 bits per heavy atom. The van der Waals surface area contributed by atoms with Gasteiger partial charge in [-0.2, -0.15) is 0 Å². The van der Waals surface area contributed by atoms with Gasteiger partial charge >= 0.3 is 0 Å². The summed E-state index contributed by atoms with van der Waals surface area (Å²) in [5.41, 5.74) is 11.9. The predicted molar refractivity (Wildman–Crippen MR) is 146 cm³/mol. The van der Waals surface area contributed by atoms with Crippen molar-refractivity contribution in [2.24, 2.45) is 17.8 Å². The number of carbonyl (C=O) groups is 1. The molecule has 2 aromatic rings. The second kappa shape index (κ2) is 8.72. The van der Waals surface area contributed by atoms with E-state index in [0.29, 0.717) is 29.8 Å². The Balaban J connectivity index is 1.04. The standard InChI is InChI=1S/C30H39N5O2/c1-33-12-14-35(15-13-33)21-7-4-19(5-8-21)28-23-10-6-20(16-26(23)31-32-28)25-18-30(25)24-17-22(37-3)9-11-27(24)34(2)29(30)36/h4-5,7-9,11,17,20,23,25-26,28,31-32H,6,10,12-16,18H2,1-3H3/t20?,23?,25-,26?,28?,30-/m0/s1. The maximum absolute atomic E-state index is 13.5. The number of piperazine rings is 1. The average molecular weight is 502 g/mol. The van der Waals surface area contributed by atoms with Crippen molar-refractivity contribution in [3.05, 3.63) is 53.6 Å². The van der Waals surface area contributed by atoms with E-state index < -0.39 is 0 Å². The molecule has 37 heavy (non-hydrogen) atoms. The first-order chi connectivity index (χ1) is 18.0. The fourth-order valence-electron chi connectivity index (χ4n) is 7.98. The van der Waals surface area contributed by atoms with Crippen LogP contribution in [-0.2, 0) is 10.2 Å². The van der Waals surface area contributed by atoms with Crippen LogP contribution in [0, 0.1) is 17.8 Å². The molecule has 2 aliphatic carbocycles. The van der Waals surface area contributed by atoms with Crippen LogP contribution in [0.2, 0.25) is 0 Å². The normalized spacial score (nSPS) is 35.1. The second-order valence-electron chi connectivity index (χ2n) is 12.0. The van der Waals surface area contributed by atoms with Crippen LogP contribution < -0.4 is 25.4 Å². The smallest absolute Gasteiger partial charge is 0.237 e. The molecular weight excluding hydrogens is 462 g/mol. The lowest BCUT2D eigenvalue weighted by Crippen LogP contribution is -2.44. The highest BCUT2D eigenvalue weighted by molar-refractivity contribution is 6.10. The van der Waals surface area contributed by atoms with Gasteiger partial charge in [0.15, 0.2) is 0 Å². The van der Waals surface area contributed by atoms with E-state index in [-0.39, 0.29) is 11.3 Å². The minimum absolute atomic E-state index is 0.277. The molecule has 1 amide bonds. The van der Waals surface area contributed by atoms with E-state index >= 15 is 0 Å². The number of likely N-dealkylation sites (N-methyl/N-ethyl adjacent to an activating group) is 2. The molecule has 1 spiro atoms. The monoisotopic (exact) mass is 501 g/mol. The van der Waals surface area contributed by atoms with Crippen molar-refractivity contribution in [1.82, 2.24) is 15.8 Å². The van der Waals surface area contributed by atoms with Crippen molar-refractivity contribution in [2.45, 2.75) is 43.2 Å². The van der Waals surface area contributed by atoms with Crippen LogP contribution in [0.25, 0.3) is 0 Å². The van der Waals surface area contributed by atoms with E-state index in [1.54, 1.807) is 7.11 Å². The Morgan fingerprint density at radius 2 is 1.76 bits per heavy atom. The van der Waals surface area contributed by atoms with E-state index in [9.17, 15) is 4.79 Å². The van der Waals surface area contributed by atoms with Gasteiger partial charge in [-0.15, -0.1) is 0 Å². The molecule has 5 aliphatic rings. The van der Waals surface area contributed by atoms with Crippen molar-refractivity contribution in [3.8, 4) is 5.75 Å². The van der Waals surface area contributed by atoms with E-state index in [1.165, 1.54) is 29.7 Å². The van der Waals surface area contributed by atoms with Gasteiger partial charge in [-0.1, -0.05) is 12.1 Å². The number of nitrogens with one attached hydrogen (secondary N) is 2. The lowest BCUT2D eigenvalue weighted by atomic mass is 9.72. The number of ether oxygens (including phenoxy) is 1. The summed E-state index contributed by atoms with van der Waals surface area (Å²) in [5, 5.41) is 0. The Labute approximate surface area is 220 Å². The fourth-order valence-corrected chi connectivity index (χ4v) is 7.98. The van der Waals surface area contributed by atoms with E-state index in [1.807, 2.05) is 18.0 Å². The van der Waals surface area contributed by atoms with Gasteiger partial charge in [-0.25, -0.2) is 5.43 Å². The van der Waals surface area contributed by atoms with Crippen molar-refractivity contribution in [3.63, 3.8) is 0 Å². The van der Waals surface area contributed by atoms with Crippen LogP contribution in [0.3, 0.4) is 0 Å². The molecular formula is C30H39N5O2. The summed E-state index contributed by atoms with van der Waals surface area (Å²) in [4.78, 5) is 20.2.